The number of hydrogen-bond donors (Lipinski definition) is 0. The van der Waals surface area contributed by atoms with Gasteiger partial charge in [0.25, 0.3) is 0 Å². The van der Waals surface area contributed by atoms with Crippen LogP contribution in [0.4, 0.5) is 0 Å². The van der Waals surface area contributed by atoms with Crippen molar-refractivity contribution in [3.63, 3.8) is 0 Å². The number of sulfone groups is 1. The van der Waals surface area contributed by atoms with Crippen LogP contribution in [0.5, 0.6) is 0 Å². The molecule has 1 aromatic heterocycles. The van der Waals surface area contributed by atoms with Gasteiger partial charge in [0.2, 0.25) is 0 Å². The van der Waals surface area contributed by atoms with E-state index in [2.05, 4.69) is 16.6 Å². The van der Waals surface area contributed by atoms with Crippen molar-refractivity contribution < 1.29 is 8.42 Å². The van der Waals surface area contributed by atoms with Crippen LogP contribution in [0.15, 0.2) is 12.7 Å². The highest BCUT2D eigenvalue weighted by atomic mass is 35.5. The van der Waals surface area contributed by atoms with Crippen LogP contribution in [-0.4, -0.2) is 47.2 Å². The Hall–Kier alpha value is -0.850. The van der Waals surface area contributed by atoms with Crippen molar-refractivity contribution >= 4 is 21.4 Å². The zero-order chi connectivity index (χ0) is 14.9. The van der Waals surface area contributed by atoms with E-state index in [1.165, 1.54) is 0 Å². The van der Waals surface area contributed by atoms with E-state index in [1.807, 2.05) is 14.0 Å². The maximum Gasteiger partial charge on any atom is 0.151 e. The average Bonchev–Trinajstić information content (AvgIpc) is 2.83. The lowest BCUT2D eigenvalue weighted by Crippen LogP contribution is -2.36. The molecule has 1 unspecified atom stereocenters. The minimum Gasteiger partial charge on any atom is -0.290 e. The summed E-state index contributed by atoms with van der Waals surface area (Å²) in [6.45, 7) is 6.84. The third kappa shape index (κ3) is 3.24. The van der Waals surface area contributed by atoms with Crippen LogP contribution >= 0.6 is 11.6 Å². The third-order valence-electron chi connectivity index (χ3n) is 3.70. The molecule has 1 fully saturated rings. The van der Waals surface area contributed by atoms with Gasteiger partial charge in [-0.2, -0.15) is 5.10 Å². The van der Waals surface area contributed by atoms with Gasteiger partial charge in [-0.1, -0.05) is 17.7 Å². The van der Waals surface area contributed by atoms with Crippen LogP contribution in [0.3, 0.4) is 0 Å². The molecule has 1 aliphatic heterocycles. The van der Waals surface area contributed by atoms with Crippen molar-refractivity contribution in [2.45, 2.75) is 25.9 Å². The Morgan fingerprint density at radius 2 is 2.30 bits per heavy atom. The number of rotatable bonds is 5. The van der Waals surface area contributed by atoms with Crippen LogP contribution in [0.2, 0.25) is 5.02 Å². The number of aromatic nitrogens is 2. The Morgan fingerprint density at radius 1 is 1.60 bits per heavy atom. The van der Waals surface area contributed by atoms with Gasteiger partial charge in [0.15, 0.2) is 9.84 Å². The van der Waals surface area contributed by atoms with Crippen LogP contribution in [0, 0.1) is 6.92 Å². The van der Waals surface area contributed by atoms with Crippen molar-refractivity contribution in [3.05, 3.63) is 29.1 Å². The number of hydrogen-bond acceptors (Lipinski definition) is 4. The van der Waals surface area contributed by atoms with Crippen molar-refractivity contribution in [1.29, 1.82) is 0 Å². The summed E-state index contributed by atoms with van der Waals surface area (Å²) in [5, 5.41) is 4.95. The molecule has 0 aliphatic carbocycles. The summed E-state index contributed by atoms with van der Waals surface area (Å²) < 4.78 is 25.0. The largest absolute Gasteiger partial charge is 0.290 e. The Kier molecular flexibility index (Phi) is 4.56. The zero-order valence-corrected chi connectivity index (χ0v) is 13.4. The Morgan fingerprint density at radius 3 is 2.75 bits per heavy atom. The summed E-state index contributed by atoms with van der Waals surface area (Å²) in [7, 11) is -1.04. The lowest BCUT2D eigenvalue weighted by molar-refractivity contribution is 0.221. The maximum absolute atomic E-state index is 11.6. The molecule has 1 atom stereocenters. The van der Waals surface area contributed by atoms with Crippen LogP contribution in [0.25, 0.3) is 0 Å². The van der Waals surface area contributed by atoms with Crippen molar-refractivity contribution in [1.82, 2.24) is 14.7 Å². The maximum atomic E-state index is 11.6. The van der Waals surface area contributed by atoms with E-state index in [0.29, 0.717) is 24.5 Å². The van der Waals surface area contributed by atoms with Gasteiger partial charge >= 0.3 is 0 Å². The molecule has 2 rings (SSSR count). The standard InChI is InChI=1S/C13H20ClN3O2S/c1-4-6-17(11-5-7-20(18,19)9-11)8-12-13(14)10(2)15-16(12)3/h4,11H,1,5-9H2,2-3H3. The molecule has 112 valence electrons. The minimum atomic E-state index is -2.90. The van der Waals surface area contributed by atoms with E-state index in [4.69, 9.17) is 11.6 Å². The summed E-state index contributed by atoms with van der Waals surface area (Å²) in [6.07, 6.45) is 2.46. The van der Waals surface area contributed by atoms with Crippen molar-refractivity contribution in [2.24, 2.45) is 7.05 Å². The van der Waals surface area contributed by atoms with Gasteiger partial charge in [-0.25, -0.2) is 8.42 Å². The third-order valence-corrected chi connectivity index (χ3v) is 5.94. The Balaban J connectivity index is 2.20. The molecule has 0 N–H and O–H groups in total. The fourth-order valence-electron chi connectivity index (χ4n) is 2.62. The fourth-order valence-corrected chi connectivity index (χ4v) is 4.60. The summed E-state index contributed by atoms with van der Waals surface area (Å²) in [5.74, 6) is 0.485. The summed E-state index contributed by atoms with van der Waals surface area (Å²) in [6, 6.07) is 0.0317. The molecule has 0 aromatic carbocycles. The second kappa shape index (κ2) is 5.87. The van der Waals surface area contributed by atoms with Gasteiger partial charge in [0, 0.05) is 26.2 Å². The molecule has 7 heteroatoms. The van der Waals surface area contributed by atoms with E-state index in [0.717, 1.165) is 11.4 Å². The molecule has 1 aromatic rings. The quantitative estimate of drug-likeness (QED) is 0.773. The zero-order valence-electron chi connectivity index (χ0n) is 11.8. The van der Waals surface area contributed by atoms with Gasteiger partial charge in [-0.05, 0) is 13.3 Å². The lowest BCUT2D eigenvalue weighted by Gasteiger charge is -2.26. The predicted octanol–water partition coefficient (Wildman–Crippen LogP) is 1.56. The molecule has 0 amide bonds. The smallest absolute Gasteiger partial charge is 0.151 e. The van der Waals surface area contributed by atoms with Gasteiger partial charge in [-0.15, -0.1) is 6.58 Å². The minimum absolute atomic E-state index is 0.0317. The Bertz CT molecular complexity index is 609. The van der Waals surface area contributed by atoms with Gasteiger partial charge in [0.1, 0.15) is 0 Å². The topological polar surface area (TPSA) is 55.2 Å². The molecular weight excluding hydrogens is 298 g/mol. The van der Waals surface area contributed by atoms with Gasteiger partial charge in [0.05, 0.1) is 27.9 Å². The first-order chi connectivity index (χ1) is 9.34. The first-order valence-corrected chi connectivity index (χ1v) is 8.77. The molecule has 0 radical (unpaired) electrons. The van der Waals surface area contributed by atoms with E-state index in [-0.39, 0.29) is 17.5 Å². The van der Waals surface area contributed by atoms with Crippen molar-refractivity contribution in [3.8, 4) is 0 Å². The van der Waals surface area contributed by atoms with E-state index >= 15 is 0 Å². The molecule has 2 heterocycles. The normalized spacial score (nSPS) is 21.5. The first kappa shape index (κ1) is 15.5. The second-order valence-electron chi connectivity index (χ2n) is 5.24. The highest BCUT2D eigenvalue weighted by Gasteiger charge is 2.32. The SMILES string of the molecule is C=CCN(Cc1c(Cl)c(C)nn1C)C1CCS(=O)(=O)C1. The van der Waals surface area contributed by atoms with Gasteiger partial charge in [-0.3, -0.25) is 9.58 Å². The molecule has 5 nitrogen and oxygen atoms in total. The number of halogens is 1. The highest BCUT2D eigenvalue weighted by molar-refractivity contribution is 7.91. The molecule has 1 saturated heterocycles. The second-order valence-corrected chi connectivity index (χ2v) is 7.85. The van der Waals surface area contributed by atoms with Gasteiger partial charge < -0.3 is 0 Å². The Labute approximate surface area is 125 Å². The molecule has 1 aliphatic rings. The molecule has 20 heavy (non-hydrogen) atoms. The average molecular weight is 318 g/mol. The predicted molar refractivity (Wildman–Crippen MR) is 80.6 cm³/mol. The van der Waals surface area contributed by atoms with Crippen LogP contribution in [0.1, 0.15) is 17.8 Å². The summed E-state index contributed by atoms with van der Waals surface area (Å²) >= 11 is 6.27. The molecular formula is C13H20ClN3O2S. The van der Waals surface area contributed by atoms with E-state index in [9.17, 15) is 8.42 Å². The van der Waals surface area contributed by atoms with Crippen LogP contribution in [-0.2, 0) is 23.4 Å². The number of aryl methyl sites for hydroxylation is 2. The van der Waals surface area contributed by atoms with Crippen LogP contribution < -0.4 is 0 Å². The monoisotopic (exact) mass is 317 g/mol. The molecule has 0 spiro atoms. The summed E-state index contributed by atoms with van der Waals surface area (Å²) in [5.41, 5.74) is 1.71. The fraction of sp³-hybridized carbons (Fsp3) is 0.615. The lowest BCUT2D eigenvalue weighted by atomic mass is 10.2. The van der Waals surface area contributed by atoms with E-state index < -0.39 is 9.84 Å². The first-order valence-electron chi connectivity index (χ1n) is 6.57. The molecule has 0 bridgehead atoms. The van der Waals surface area contributed by atoms with E-state index in [1.54, 1.807) is 10.8 Å². The molecule has 0 saturated carbocycles. The van der Waals surface area contributed by atoms with Crippen molar-refractivity contribution in [2.75, 3.05) is 18.1 Å². The highest BCUT2D eigenvalue weighted by Crippen LogP contribution is 2.24. The summed E-state index contributed by atoms with van der Waals surface area (Å²) in [4.78, 5) is 2.11. The number of nitrogens with zero attached hydrogens (tertiary/aromatic N) is 3.